The molecule has 0 bridgehead atoms. The average Bonchev–Trinajstić information content (AvgIpc) is 2.67. The van der Waals surface area contributed by atoms with E-state index in [1.54, 1.807) is 0 Å². The van der Waals surface area contributed by atoms with E-state index in [1.165, 1.54) is 19.1 Å². The van der Waals surface area contributed by atoms with Crippen LogP contribution in [0.5, 0.6) is 5.75 Å². The lowest BCUT2D eigenvalue weighted by molar-refractivity contribution is -0.142. The summed E-state index contributed by atoms with van der Waals surface area (Å²) in [6, 6.07) is 4.98. The van der Waals surface area contributed by atoms with Gasteiger partial charge in [0, 0.05) is 0 Å². The molecule has 7 heteroatoms. The largest absolute Gasteiger partial charge is 0.493 e. The highest BCUT2D eigenvalue weighted by atomic mass is 19.4. The van der Waals surface area contributed by atoms with E-state index in [4.69, 9.17) is 4.74 Å². The predicted octanol–water partition coefficient (Wildman–Crippen LogP) is 3.35. The van der Waals surface area contributed by atoms with Crippen LogP contribution in [0.4, 0.5) is 17.6 Å². The second-order valence-corrected chi connectivity index (χ2v) is 3.85. The number of methoxy groups -OCH3 is 1. The van der Waals surface area contributed by atoms with Gasteiger partial charge in [-0.2, -0.15) is 18.3 Å². The number of hydrogen-bond donors (Lipinski definition) is 0. The van der Waals surface area contributed by atoms with Crippen molar-refractivity contribution < 1.29 is 22.3 Å². The number of ether oxygens (including phenoxy) is 1. The summed E-state index contributed by atoms with van der Waals surface area (Å²) in [5.41, 5.74) is -0.578. The Hall–Kier alpha value is -2.05. The third kappa shape index (κ3) is 2.40. The lowest BCUT2D eigenvalue weighted by atomic mass is 10.3. The van der Waals surface area contributed by atoms with Crippen LogP contribution in [-0.4, -0.2) is 16.9 Å². The zero-order chi connectivity index (χ0) is 14.2. The Labute approximate surface area is 106 Å². The fourth-order valence-corrected chi connectivity index (χ4v) is 1.75. The molecule has 0 saturated heterocycles. The smallest absolute Gasteiger partial charge is 0.438 e. The number of hydrogen-bond acceptors (Lipinski definition) is 2. The summed E-state index contributed by atoms with van der Waals surface area (Å²) in [6.45, 7) is 1.45. The lowest BCUT2D eigenvalue weighted by Crippen LogP contribution is -2.08. The summed E-state index contributed by atoms with van der Waals surface area (Å²) in [4.78, 5) is 0. The molecule has 0 atom stereocenters. The van der Waals surface area contributed by atoms with Crippen LogP contribution in [0.1, 0.15) is 11.4 Å². The van der Waals surface area contributed by atoms with E-state index in [-0.39, 0.29) is 11.4 Å². The summed E-state index contributed by atoms with van der Waals surface area (Å²) in [5.74, 6) is -0.812. The van der Waals surface area contributed by atoms with Crippen LogP contribution < -0.4 is 4.74 Å². The Morgan fingerprint density at radius 3 is 2.16 bits per heavy atom. The molecule has 102 valence electrons. The van der Waals surface area contributed by atoms with Gasteiger partial charge in [-0.05, 0) is 31.2 Å². The van der Waals surface area contributed by atoms with E-state index in [0.717, 1.165) is 23.9 Å². The van der Waals surface area contributed by atoms with Crippen LogP contribution in [0.3, 0.4) is 0 Å². The molecular formula is C12H10F4N2O. The molecule has 0 amide bonds. The van der Waals surface area contributed by atoms with E-state index >= 15 is 0 Å². The molecule has 2 rings (SSSR count). The Balaban J connectivity index is 2.59. The van der Waals surface area contributed by atoms with Crippen LogP contribution >= 0.6 is 0 Å². The maximum atomic E-state index is 12.8. The number of rotatable bonds is 2. The minimum atomic E-state index is -4.61. The molecule has 1 heterocycles. The Kier molecular flexibility index (Phi) is 3.21. The predicted molar refractivity (Wildman–Crippen MR) is 59.8 cm³/mol. The van der Waals surface area contributed by atoms with Crippen LogP contribution in [0.15, 0.2) is 24.3 Å². The van der Waals surface area contributed by atoms with E-state index in [2.05, 4.69) is 5.10 Å². The average molecular weight is 274 g/mol. The van der Waals surface area contributed by atoms with Gasteiger partial charge in [-0.15, -0.1) is 0 Å². The fraction of sp³-hybridized carbons (Fsp3) is 0.250. The van der Waals surface area contributed by atoms with Gasteiger partial charge in [0.15, 0.2) is 5.75 Å². The first kappa shape index (κ1) is 13.4. The molecule has 0 N–H and O–H groups in total. The van der Waals surface area contributed by atoms with Crippen LogP contribution in [0.2, 0.25) is 0 Å². The van der Waals surface area contributed by atoms with Gasteiger partial charge in [0.2, 0.25) is 5.69 Å². The molecule has 3 nitrogen and oxygen atoms in total. The minimum Gasteiger partial charge on any atom is -0.493 e. The van der Waals surface area contributed by atoms with E-state index in [0.29, 0.717) is 5.69 Å². The van der Waals surface area contributed by atoms with Gasteiger partial charge in [-0.25, -0.2) is 9.07 Å². The molecule has 1 aromatic carbocycles. The highest BCUT2D eigenvalue weighted by molar-refractivity contribution is 5.42. The second kappa shape index (κ2) is 4.56. The topological polar surface area (TPSA) is 27.1 Å². The molecule has 1 aromatic heterocycles. The van der Waals surface area contributed by atoms with Crippen molar-refractivity contribution in [2.75, 3.05) is 7.11 Å². The van der Waals surface area contributed by atoms with Crippen molar-refractivity contribution in [1.29, 1.82) is 0 Å². The van der Waals surface area contributed by atoms with Gasteiger partial charge in [-0.3, -0.25) is 0 Å². The first-order valence-electron chi connectivity index (χ1n) is 5.31. The zero-order valence-electron chi connectivity index (χ0n) is 10.1. The summed E-state index contributed by atoms with van der Waals surface area (Å²) in [6.07, 6.45) is -4.61. The Morgan fingerprint density at radius 1 is 1.16 bits per heavy atom. The number of benzene rings is 1. The van der Waals surface area contributed by atoms with Crippen LogP contribution in [0.25, 0.3) is 5.69 Å². The lowest BCUT2D eigenvalue weighted by Gasteiger charge is -2.04. The Morgan fingerprint density at radius 2 is 1.74 bits per heavy atom. The monoisotopic (exact) mass is 274 g/mol. The molecule has 0 aliphatic rings. The van der Waals surface area contributed by atoms with Crippen molar-refractivity contribution in [3.8, 4) is 11.4 Å². The quantitative estimate of drug-likeness (QED) is 0.785. The third-order valence-corrected chi connectivity index (χ3v) is 2.61. The summed E-state index contributed by atoms with van der Waals surface area (Å²) >= 11 is 0. The van der Waals surface area contributed by atoms with Crippen LogP contribution in [-0.2, 0) is 6.18 Å². The van der Waals surface area contributed by atoms with Crippen molar-refractivity contribution in [1.82, 2.24) is 9.78 Å². The van der Waals surface area contributed by atoms with Gasteiger partial charge in [-0.1, -0.05) is 0 Å². The van der Waals surface area contributed by atoms with E-state index in [1.807, 2.05) is 0 Å². The van der Waals surface area contributed by atoms with Crippen molar-refractivity contribution >= 4 is 0 Å². The van der Waals surface area contributed by atoms with Crippen molar-refractivity contribution in [2.45, 2.75) is 13.1 Å². The first-order valence-corrected chi connectivity index (χ1v) is 5.31. The van der Waals surface area contributed by atoms with Crippen LogP contribution in [0, 0.1) is 12.7 Å². The van der Waals surface area contributed by atoms with E-state index in [9.17, 15) is 17.6 Å². The molecule has 0 radical (unpaired) electrons. The molecule has 0 aliphatic carbocycles. The minimum absolute atomic E-state index is 0.196. The van der Waals surface area contributed by atoms with Crippen molar-refractivity contribution in [3.05, 3.63) is 41.5 Å². The van der Waals surface area contributed by atoms with Crippen molar-refractivity contribution in [2.24, 2.45) is 0 Å². The van der Waals surface area contributed by atoms with E-state index < -0.39 is 17.7 Å². The third-order valence-electron chi connectivity index (χ3n) is 2.61. The molecule has 0 unspecified atom stereocenters. The maximum absolute atomic E-state index is 12.8. The molecule has 19 heavy (non-hydrogen) atoms. The fourth-order valence-electron chi connectivity index (χ4n) is 1.75. The van der Waals surface area contributed by atoms with Gasteiger partial charge < -0.3 is 4.74 Å². The standard InChI is InChI=1S/C12H10F4N2O/c1-7-10(19-2)11(12(14,15)16)17-18(7)9-5-3-8(13)4-6-9/h3-6H,1-2H3. The van der Waals surface area contributed by atoms with Crippen molar-refractivity contribution in [3.63, 3.8) is 0 Å². The SMILES string of the molecule is COc1c(C(F)(F)F)nn(-c2ccc(F)cc2)c1C. The molecule has 0 aliphatic heterocycles. The molecule has 0 fully saturated rings. The van der Waals surface area contributed by atoms with Gasteiger partial charge >= 0.3 is 6.18 Å². The first-order chi connectivity index (χ1) is 8.84. The summed E-state index contributed by atoms with van der Waals surface area (Å²) < 4.78 is 57.0. The highest BCUT2D eigenvalue weighted by Crippen LogP contribution is 2.37. The number of halogens is 4. The maximum Gasteiger partial charge on any atom is 0.438 e. The summed E-state index contributed by atoms with van der Waals surface area (Å²) in [5, 5.41) is 3.50. The number of aromatic nitrogens is 2. The van der Waals surface area contributed by atoms with Gasteiger partial charge in [0.1, 0.15) is 5.82 Å². The number of nitrogens with zero attached hydrogens (tertiary/aromatic N) is 2. The zero-order valence-corrected chi connectivity index (χ0v) is 10.1. The molecule has 0 spiro atoms. The highest BCUT2D eigenvalue weighted by Gasteiger charge is 2.39. The molecule has 0 saturated carbocycles. The second-order valence-electron chi connectivity index (χ2n) is 3.85. The number of alkyl halides is 3. The molecular weight excluding hydrogens is 264 g/mol. The Bertz CT molecular complexity index is 587. The summed E-state index contributed by atoms with van der Waals surface area (Å²) in [7, 11) is 1.15. The van der Waals surface area contributed by atoms with Gasteiger partial charge in [0.25, 0.3) is 0 Å². The van der Waals surface area contributed by atoms with Gasteiger partial charge in [0.05, 0.1) is 18.5 Å². The normalized spacial score (nSPS) is 11.7. The molecule has 2 aromatic rings.